The molecule has 1 fully saturated rings. The van der Waals surface area contributed by atoms with Gasteiger partial charge < -0.3 is 9.47 Å². The summed E-state index contributed by atoms with van der Waals surface area (Å²) < 4.78 is 11.7. The van der Waals surface area contributed by atoms with Crippen LogP contribution in [0.15, 0.2) is 36.4 Å². The van der Waals surface area contributed by atoms with Crippen molar-refractivity contribution in [3.63, 3.8) is 0 Å². The summed E-state index contributed by atoms with van der Waals surface area (Å²) in [6.45, 7) is 4.29. The standard InChI is InChI=1S/C21H21Cl2N3O3S/c1-28-15-3-5-19-18(13-15)24-21(30-19)26(7-6-25-8-10-29-11-9-25)20(27)16-12-14(22)2-4-17(16)23/h2-5,12-13H,6-11H2,1H3. The van der Waals surface area contributed by atoms with Crippen LogP contribution in [0, 0.1) is 0 Å². The Hall–Kier alpha value is -1.90. The van der Waals surface area contributed by atoms with Gasteiger partial charge >= 0.3 is 0 Å². The summed E-state index contributed by atoms with van der Waals surface area (Å²) in [5, 5.41) is 1.45. The van der Waals surface area contributed by atoms with Gasteiger partial charge in [0.05, 0.1) is 41.1 Å². The number of aromatic nitrogens is 1. The molecule has 0 saturated carbocycles. The van der Waals surface area contributed by atoms with Crippen LogP contribution in [-0.2, 0) is 4.74 Å². The Morgan fingerprint density at radius 1 is 1.23 bits per heavy atom. The van der Waals surface area contributed by atoms with Gasteiger partial charge in [-0.2, -0.15) is 0 Å². The van der Waals surface area contributed by atoms with Crippen molar-refractivity contribution in [1.29, 1.82) is 0 Å². The van der Waals surface area contributed by atoms with Gasteiger partial charge in [0, 0.05) is 37.3 Å². The zero-order chi connectivity index (χ0) is 21.1. The predicted octanol–water partition coefficient (Wildman–Crippen LogP) is 4.59. The number of carbonyl (C=O) groups excluding carboxylic acids is 1. The van der Waals surface area contributed by atoms with E-state index in [9.17, 15) is 4.79 Å². The van der Waals surface area contributed by atoms with E-state index in [2.05, 4.69) is 4.90 Å². The molecule has 1 aromatic heterocycles. The predicted molar refractivity (Wildman–Crippen MR) is 122 cm³/mol. The maximum Gasteiger partial charge on any atom is 0.261 e. The van der Waals surface area contributed by atoms with E-state index in [-0.39, 0.29) is 5.91 Å². The number of amides is 1. The second-order valence-electron chi connectivity index (χ2n) is 6.87. The molecular weight excluding hydrogens is 445 g/mol. The summed E-state index contributed by atoms with van der Waals surface area (Å²) >= 11 is 13.9. The SMILES string of the molecule is COc1ccc2sc(N(CCN3CCOCC3)C(=O)c3cc(Cl)ccc3Cl)nc2c1. The van der Waals surface area contributed by atoms with Crippen LogP contribution in [-0.4, -0.2) is 62.3 Å². The van der Waals surface area contributed by atoms with E-state index in [1.807, 2.05) is 18.2 Å². The van der Waals surface area contributed by atoms with Crippen molar-refractivity contribution in [2.24, 2.45) is 0 Å². The molecule has 158 valence electrons. The Bertz CT molecular complexity index is 1050. The molecule has 0 spiro atoms. The molecule has 4 rings (SSSR count). The average Bonchev–Trinajstić information content (AvgIpc) is 3.19. The Kier molecular flexibility index (Phi) is 6.75. The smallest absolute Gasteiger partial charge is 0.261 e. The van der Waals surface area contributed by atoms with Crippen molar-refractivity contribution in [3.8, 4) is 5.75 Å². The summed E-state index contributed by atoms with van der Waals surface area (Å²) in [5.41, 5.74) is 1.15. The Labute approximate surface area is 188 Å². The lowest BCUT2D eigenvalue weighted by Crippen LogP contribution is -2.43. The van der Waals surface area contributed by atoms with Gasteiger partial charge in [0.2, 0.25) is 0 Å². The summed E-state index contributed by atoms with van der Waals surface area (Å²) in [7, 11) is 1.62. The fourth-order valence-corrected chi connectivity index (χ4v) is 4.64. The molecule has 9 heteroatoms. The molecule has 0 aliphatic carbocycles. The van der Waals surface area contributed by atoms with Gasteiger partial charge in [-0.1, -0.05) is 34.5 Å². The number of benzene rings is 2. The van der Waals surface area contributed by atoms with Crippen LogP contribution in [0.4, 0.5) is 5.13 Å². The molecule has 1 saturated heterocycles. The van der Waals surface area contributed by atoms with E-state index in [1.165, 1.54) is 11.3 Å². The lowest BCUT2D eigenvalue weighted by atomic mass is 10.2. The second kappa shape index (κ2) is 9.49. The number of fused-ring (bicyclic) bond motifs is 1. The Morgan fingerprint density at radius 3 is 2.80 bits per heavy atom. The van der Waals surface area contributed by atoms with E-state index < -0.39 is 0 Å². The number of carbonyl (C=O) groups is 1. The number of anilines is 1. The first-order valence-electron chi connectivity index (χ1n) is 9.57. The van der Waals surface area contributed by atoms with E-state index in [1.54, 1.807) is 30.2 Å². The molecule has 0 radical (unpaired) electrons. The minimum Gasteiger partial charge on any atom is -0.497 e. The van der Waals surface area contributed by atoms with Crippen LogP contribution in [0.2, 0.25) is 10.0 Å². The number of hydrogen-bond donors (Lipinski definition) is 0. The molecular formula is C21H21Cl2N3O3S. The number of methoxy groups -OCH3 is 1. The summed E-state index contributed by atoms with van der Waals surface area (Å²) in [6.07, 6.45) is 0. The second-order valence-corrected chi connectivity index (χ2v) is 8.72. The monoisotopic (exact) mass is 465 g/mol. The van der Waals surface area contributed by atoms with Gasteiger partial charge in [-0.3, -0.25) is 14.6 Å². The van der Waals surface area contributed by atoms with Crippen LogP contribution in [0.3, 0.4) is 0 Å². The van der Waals surface area contributed by atoms with E-state index >= 15 is 0 Å². The highest BCUT2D eigenvalue weighted by molar-refractivity contribution is 7.22. The molecule has 3 aromatic rings. The topological polar surface area (TPSA) is 54.9 Å². The quantitative estimate of drug-likeness (QED) is 0.532. The van der Waals surface area contributed by atoms with Gasteiger partial charge in [0.25, 0.3) is 5.91 Å². The summed E-state index contributed by atoms with van der Waals surface area (Å²) in [4.78, 5) is 22.1. The van der Waals surface area contributed by atoms with Crippen LogP contribution in [0.5, 0.6) is 5.75 Å². The van der Waals surface area contributed by atoms with E-state index in [0.29, 0.717) is 47.0 Å². The van der Waals surface area contributed by atoms with Gasteiger partial charge in [0.1, 0.15) is 5.75 Å². The Morgan fingerprint density at radius 2 is 2.03 bits per heavy atom. The van der Waals surface area contributed by atoms with Gasteiger partial charge in [-0.05, 0) is 30.3 Å². The number of nitrogens with zero attached hydrogens (tertiary/aromatic N) is 3. The third-order valence-corrected chi connectivity index (χ3v) is 6.59. The highest BCUT2D eigenvalue weighted by Gasteiger charge is 2.24. The molecule has 1 aliphatic heterocycles. The lowest BCUT2D eigenvalue weighted by molar-refractivity contribution is 0.0391. The van der Waals surface area contributed by atoms with E-state index in [0.717, 1.165) is 29.1 Å². The van der Waals surface area contributed by atoms with Crippen molar-refractivity contribution in [3.05, 3.63) is 52.0 Å². The summed E-state index contributed by atoms with van der Waals surface area (Å²) in [6, 6.07) is 10.6. The lowest BCUT2D eigenvalue weighted by Gasteiger charge is -2.29. The van der Waals surface area contributed by atoms with Crippen molar-refractivity contribution < 1.29 is 14.3 Å². The van der Waals surface area contributed by atoms with Crippen LogP contribution >= 0.6 is 34.5 Å². The third kappa shape index (κ3) is 4.71. The normalized spacial score (nSPS) is 14.8. The first-order chi connectivity index (χ1) is 14.5. The fourth-order valence-electron chi connectivity index (χ4n) is 3.29. The maximum atomic E-state index is 13.5. The molecule has 2 heterocycles. The van der Waals surface area contributed by atoms with Crippen molar-refractivity contribution in [2.75, 3.05) is 51.4 Å². The highest BCUT2D eigenvalue weighted by Crippen LogP contribution is 2.33. The van der Waals surface area contributed by atoms with Gasteiger partial charge in [-0.25, -0.2) is 4.98 Å². The molecule has 1 amide bonds. The molecule has 2 aromatic carbocycles. The molecule has 6 nitrogen and oxygen atoms in total. The third-order valence-electron chi connectivity index (χ3n) is 4.96. The Balaban J connectivity index is 1.67. The van der Waals surface area contributed by atoms with Crippen molar-refractivity contribution >= 4 is 55.8 Å². The number of ether oxygens (including phenoxy) is 2. The first-order valence-corrected chi connectivity index (χ1v) is 11.1. The van der Waals surface area contributed by atoms with Gasteiger partial charge in [-0.15, -0.1) is 0 Å². The van der Waals surface area contributed by atoms with Crippen LogP contribution in [0.1, 0.15) is 10.4 Å². The number of hydrogen-bond acceptors (Lipinski definition) is 6. The van der Waals surface area contributed by atoms with Crippen LogP contribution < -0.4 is 9.64 Å². The number of rotatable bonds is 6. The van der Waals surface area contributed by atoms with E-state index in [4.69, 9.17) is 37.7 Å². The minimum atomic E-state index is -0.221. The summed E-state index contributed by atoms with van der Waals surface area (Å²) in [5.74, 6) is 0.505. The average molecular weight is 466 g/mol. The van der Waals surface area contributed by atoms with Gasteiger partial charge in [0.15, 0.2) is 5.13 Å². The van der Waals surface area contributed by atoms with Crippen molar-refractivity contribution in [1.82, 2.24) is 9.88 Å². The number of thiazole rings is 1. The fraction of sp³-hybridized carbons (Fsp3) is 0.333. The number of morpholine rings is 1. The largest absolute Gasteiger partial charge is 0.497 e. The zero-order valence-electron chi connectivity index (χ0n) is 16.4. The molecule has 0 N–H and O–H groups in total. The van der Waals surface area contributed by atoms with Crippen LogP contribution in [0.25, 0.3) is 10.2 Å². The molecule has 0 bridgehead atoms. The molecule has 0 atom stereocenters. The maximum absolute atomic E-state index is 13.5. The van der Waals surface area contributed by atoms with Crippen molar-refractivity contribution in [2.45, 2.75) is 0 Å². The zero-order valence-corrected chi connectivity index (χ0v) is 18.8. The molecule has 0 unspecified atom stereocenters. The minimum absolute atomic E-state index is 0.221. The first kappa shape index (κ1) is 21.3. The molecule has 30 heavy (non-hydrogen) atoms. The number of halogens is 2. The molecule has 1 aliphatic rings. The highest BCUT2D eigenvalue weighted by atomic mass is 35.5.